The summed E-state index contributed by atoms with van der Waals surface area (Å²) in [6.45, 7) is 4.84. The number of likely N-dealkylation sites (N-methyl/N-ethyl adjacent to an activating group) is 1. The molecule has 2 aromatic heterocycles. The number of nitrogens with zero attached hydrogens (tertiary/aromatic N) is 1. The summed E-state index contributed by atoms with van der Waals surface area (Å²) in [7, 11) is 0. The lowest BCUT2D eigenvalue weighted by molar-refractivity contribution is -0.115. The van der Waals surface area contributed by atoms with E-state index in [2.05, 4.69) is 15.6 Å². The van der Waals surface area contributed by atoms with E-state index in [4.69, 9.17) is 4.74 Å². The van der Waals surface area contributed by atoms with Crippen LogP contribution in [0.3, 0.4) is 0 Å². The Balaban J connectivity index is 2.33. The molecule has 0 saturated heterocycles. The van der Waals surface area contributed by atoms with Crippen LogP contribution in [0.25, 0.3) is 11.1 Å². The highest BCUT2D eigenvalue weighted by molar-refractivity contribution is 7.15. The number of amides is 1. The van der Waals surface area contributed by atoms with Crippen molar-refractivity contribution in [3.8, 4) is 11.1 Å². The quantitative estimate of drug-likeness (QED) is 0.761. The van der Waals surface area contributed by atoms with Gasteiger partial charge in [-0.3, -0.25) is 9.78 Å². The van der Waals surface area contributed by atoms with Crippen LogP contribution in [0.15, 0.2) is 29.9 Å². The standard InChI is InChI=1S/C16H19N3O3S/c1-3-17-9-13(20)19-15-14(16(21)22-4-2)12(10-23-15)11-5-7-18-8-6-11/h5-8,10,17H,3-4,9H2,1-2H3,(H,19,20). The largest absolute Gasteiger partial charge is 0.462 e. The van der Waals surface area contributed by atoms with Crippen LogP contribution in [-0.2, 0) is 9.53 Å². The number of rotatable bonds is 7. The molecule has 0 unspecified atom stereocenters. The first-order chi connectivity index (χ1) is 11.2. The Hall–Kier alpha value is -2.25. The summed E-state index contributed by atoms with van der Waals surface area (Å²) >= 11 is 1.31. The number of thiophene rings is 1. The Morgan fingerprint density at radius 1 is 1.26 bits per heavy atom. The molecule has 0 radical (unpaired) electrons. The summed E-state index contributed by atoms with van der Waals surface area (Å²) in [5.41, 5.74) is 1.97. The lowest BCUT2D eigenvalue weighted by atomic mass is 10.1. The molecule has 0 aliphatic carbocycles. The monoisotopic (exact) mass is 333 g/mol. The normalized spacial score (nSPS) is 10.3. The number of esters is 1. The lowest BCUT2D eigenvalue weighted by Crippen LogP contribution is -2.28. The van der Waals surface area contributed by atoms with Crippen LogP contribution < -0.4 is 10.6 Å². The van der Waals surface area contributed by atoms with Crippen molar-refractivity contribution in [2.75, 3.05) is 25.0 Å². The maximum absolute atomic E-state index is 12.3. The van der Waals surface area contributed by atoms with Crippen molar-refractivity contribution in [1.29, 1.82) is 0 Å². The van der Waals surface area contributed by atoms with Gasteiger partial charge in [-0.05, 0) is 31.2 Å². The third kappa shape index (κ3) is 4.37. The van der Waals surface area contributed by atoms with E-state index in [1.165, 1.54) is 11.3 Å². The first-order valence-corrected chi connectivity index (χ1v) is 8.24. The molecule has 0 aliphatic heterocycles. The van der Waals surface area contributed by atoms with Crippen LogP contribution in [-0.4, -0.2) is 36.6 Å². The SMILES string of the molecule is CCNCC(=O)Nc1scc(-c2ccncc2)c1C(=O)OCC. The predicted octanol–water partition coefficient (Wildman–Crippen LogP) is 2.53. The highest BCUT2D eigenvalue weighted by Gasteiger charge is 2.22. The molecule has 122 valence electrons. The van der Waals surface area contributed by atoms with E-state index < -0.39 is 5.97 Å². The van der Waals surface area contributed by atoms with Crippen LogP contribution in [0, 0.1) is 0 Å². The minimum atomic E-state index is -0.445. The maximum atomic E-state index is 12.3. The van der Waals surface area contributed by atoms with Gasteiger partial charge < -0.3 is 15.4 Å². The highest BCUT2D eigenvalue weighted by Crippen LogP contribution is 2.35. The predicted molar refractivity (Wildman–Crippen MR) is 90.7 cm³/mol. The zero-order chi connectivity index (χ0) is 16.7. The van der Waals surface area contributed by atoms with Gasteiger partial charge in [0.1, 0.15) is 10.6 Å². The zero-order valence-corrected chi connectivity index (χ0v) is 13.9. The third-order valence-corrected chi connectivity index (χ3v) is 3.95. The molecule has 0 aromatic carbocycles. The summed E-state index contributed by atoms with van der Waals surface area (Å²) in [5, 5.41) is 8.06. The number of carbonyl (C=O) groups is 2. The first kappa shape index (κ1) is 17.1. The molecule has 0 saturated carbocycles. The van der Waals surface area contributed by atoms with E-state index in [0.29, 0.717) is 17.1 Å². The van der Waals surface area contributed by atoms with Crippen molar-refractivity contribution in [2.24, 2.45) is 0 Å². The van der Waals surface area contributed by atoms with Gasteiger partial charge in [0, 0.05) is 23.3 Å². The van der Waals surface area contributed by atoms with Crippen LogP contribution in [0.4, 0.5) is 5.00 Å². The molecular formula is C16H19N3O3S. The van der Waals surface area contributed by atoms with Gasteiger partial charge in [0.25, 0.3) is 0 Å². The molecule has 7 heteroatoms. The number of aromatic nitrogens is 1. The van der Waals surface area contributed by atoms with Crippen LogP contribution in [0.5, 0.6) is 0 Å². The Morgan fingerprint density at radius 3 is 2.65 bits per heavy atom. The van der Waals surface area contributed by atoms with Crippen molar-refractivity contribution in [2.45, 2.75) is 13.8 Å². The molecule has 6 nitrogen and oxygen atoms in total. The highest BCUT2D eigenvalue weighted by atomic mass is 32.1. The zero-order valence-electron chi connectivity index (χ0n) is 13.1. The number of carbonyl (C=O) groups excluding carboxylic acids is 2. The molecule has 23 heavy (non-hydrogen) atoms. The summed E-state index contributed by atoms with van der Waals surface area (Å²) in [6, 6.07) is 3.63. The molecule has 2 N–H and O–H groups in total. The van der Waals surface area contributed by atoms with E-state index >= 15 is 0 Å². The molecule has 2 rings (SSSR count). The molecule has 0 atom stereocenters. The molecule has 0 fully saturated rings. The maximum Gasteiger partial charge on any atom is 0.341 e. The average molecular weight is 333 g/mol. The van der Waals surface area contributed by atoms with Crippen molar-refractivity contribution in [3.05, 3.63) is 35.5 Å². The molecule has 1 amide bonds. The number of hydrogen-bond acceptors (Lipinski definition) is 6. The van der Waals surface area contributed by atoms with Crippen molar-refractivity contribution >= 4 is 28.2 Å². The fourth-order valence-electron chi connectivity index (χ4n) is 2.01. The van der Waals surface area contributed by atoms with E-state index in [1.54, 1.807) is 19.3 Å². The van der Waals surface area contributed by atoms with E-state index in [0.717, 1.165) is 11.1 Å². The van der Waals surface area contributed by atoms with Crippen molar-refractivity contribution < 1.29 is 14.3 Å². The minimum absolute atomic E-state index is 0.194. The molecule has 2 aromatic rings. The fourth-order valence-corrected chi connectivity index (χ4v) is 2.98. The number of ether oxygens (including phenoxy) is 1. The summed E-state index contributed by atoms with van der Waals surface area (Å²) in [6.07, 6.45) is 3.32. The van der Waals surface area contributed by atoms with Crippen LogP contribution in [0.1, 0.15) is 24.2 Å². The lowest BCUT2D eigenvalue weighted by Gasteiger charge is -2.09. The third-order valence-electron chi connectivity index (χ3n) is 3.05. The summed E-state index contributed by atoms with van der Waals surface area (Å²) < 4.78 is 5.14. The Kier molecular flexibility index (Phi) is 6.25. The van der Waals surface area contributed by atoms with Gasteiger partial charge in [0.15, 0.2) is 0 Å². The Labute approximate surface area is 138 Å². The average Bonchev–Trinajstić information content (AvgIpc) is 2.97. The summed E-state index contributed by atoms with van der Waals surface area (Å²) in [5.74, 6) is -0.639. The minimum Gasteiger partial charge on any atom is -0.462 e. The van der Waals surface area contributed by atoms with Crippen LogP contribution >= 0.6 is 11.3 Å². The van der Waals surface area contributed by atoms with E-state index in [9.17, 15) is 9.59 Å². The van der Waals surface area contributed by atoms with Gasteiger partial charge in [-0.2, -0.15) is 0 Å². The fraction of sp³-hybridized carbons (Fsp3) is 0.312. The molecule has 0 bridgehead atoms. The van der Waals surface area contributed by atoms with Crippen LogP contribution in [0.2, 0.25) is 0 Å². The number of hydrogen-bond donors (Lipinski definition) is 2. The second-order valence-corrected chi connectivity index (χ2v) is 5.52. The molecule has 2 heterocycles. The first-order valence-electron chi connectivity index (χ1n) is 7.36. The van der Waals surface area contributed by atoms with Gasteiger partial charge in [-0.25, -0.2) is 4.79 Å². The number of nitrogens with one attached hydrogen (secondary N) is 2. The molecule has 0 aliphatic rings. The van der Waals surface area contributed by atoms with Gasteiger partial charge in [-0.1, -0.05) is 6.92 Å². The van der Waals surface area contributed by atoms with Gasteiger partial charge in [0.05, 0.1) is 13.2 Å². The van der Waals surface area contributed by atoms with Crippen molar-refractivity contribution in [3.63, 3.8) is 0 Å². The second kappa shape index (κ2) is 8.40. The van der Waals surface area contributed by atoms with E-state index in [1.807, 2.05) is 24.4 Å². The number of pyridine rings is 1. The summed E-state index contributed by atoms with van der Waals surface area (Å²) in [4.78, 5) is 28.2. The van der Waals surface area contributed by atoms with E-state index in [-0.39, 0.29) is 19.1 Å². The smallest absolute Gasteiger partial charge is 0.341 e. The van der Waals surface area contributed by atoms with Gasteiger partial charge >= 0.3 is 5.97 Å². The Bertz CT molecular complexity index is 670. The molecule has 0 spiro atoms. The van der Waals surface area contributed by atoms with Gasteiger partial charge in [-0.15, -0.1) is 11.3 Å². The molecular weight excluding hydrogens is 314 g/mol. The Morgan fingerprint density at radius 2 is 2.00 bits per heavy atom. The number of anilines is 1. The van der Waals surface area contributed by atoms with Gasteiger partial charge in [0.2, 0.25) is 5.91 Å². The van der Waals surface area contributed by atoms with Crippen molar-refractivity contribution in [1.82, 2.24) is 10.3 Å². The topological polar surface area (TPSA) is 80.3 Å². The second-order valence-electron chi connectivity index (χ2n) is 4.64.